The van der Waals surface area contributed by atoms with Crippen molar-refractivity contribution in [1.82, 2.24) is 9.72 Å². The van der Waals surface area contributed by atoms with E-state index in [4.69, 9.17) is 11.6 Å². The van der Waals surface area contributed by atoms with Crippen LogP contribution in [0.15, 0.2) is 48.7 Å². The number of aromatic nitrogens is 1. The molecule has 1 aromatic carbocycles. The van der Waals surface area contributed by atoms with Crippen molar-refractivity contribution < 1.29 is 14.7 Å². The second kappa shape index (κ2) is 6.87. The van der Waals surface area contributed by atoms with E-state index < -0.39 is 11.8 Å². The Labute approximate surface area is 172 Å². The van der Waals surface area contributed by atoms with Crippen molar-refractivity contribution in [2.24, 2.45) is 5.92 Å². The number of carbonyl (C=O) groups is 2. The van der Waals surface area contributed by atoms with Crippen LogP contribution in [0.2, 0.25) is 5.02 Å². The van der Waals surface area contributed by atoms with Gasteiger partial charge in [-0.25, -0.2) is 0 Å². The van der Waals surface area contributed by atoms with Gasteiger partial charge in [0.25, 0.3) is 11.8 Å². The molecule has 0 saturated carbocycles. The number of carbonyl (C=O) groups excluding carboxylic acids is 2. The van der Waals surface area contributed by atoms with Crippen LogP contribution in [-0.2, 0) is 22.4 Å². The predicted molar refractivity (Wildman–Crippen MR) is 111 cm³/mol. The summed E-state index contributed by atoms with van der Waals surface area (Å²) in [6.45, 7) is 0.104. The zero-order chi connectivity index (χ0) is 20.1. The second-order valence-electron chi connectivity index (χ2n) is 7.56. The molecule has 5 rings (SSSR count). The molecule has 2 N–H and O–H groups in total. The van der Waals surface area contributed by atoms with Gasteiger partial charge in [0.15, 0.2) is 0 Å². The summed E-state index contributed by atoms with van der Waals surface area (Å²) in [7, 11) is 0. The quantitative estimate of drug-likeness (QED) is 0.656. The van der Waals surface area contributed by atoms with Gasteiger partial charge in [-0.1, -0.05) is 35.9 Å². The molecular formula is C23H19ClN2O3. The Hall–Kier alpha value is -2.89. The number of hydrogen-bond acceptors (Lipinski definition) is 3. The minimum absolute atomic E-state index is 0.104. The van der Waals surface area contributed by atoms with E-state index in [-0.39, 0.29) is 12.5 Å². The van der Waals surface area contributed by atoms with E-state index in [0.29, 0.717) is 28.2 Å². The molecule has 6 heteroatoms. The van der Waals surface area contributed by atoms with E-state index in [1.54, 1.807) is 24.3 Å². The summed E-state index contributed by atoms with van der Waals surface area (Å²) >= 11 is 6.39. The van der Waals surface area contributed by atoms with E-state index in [9.17, 15) is 14.7 Å². The number of aliphatic hydroxyl groups excluding tert-OH is 1. The fraction of sp³-hybridized carbons (Fsp3) is 0.217. The average Bonchev–Trinajstić information content (AvgIpc) is 3.20. The zero-order valence-electron chi connectivity index (χ0n) is 15.6. The minimum atomic E-state index is -0.434. The highest BCUT2D eigenvalue weighted by Gasteiger charge is 2.37. The Bertz CT molecular complexity index is 1210. The van der Waals surface area contributed by atoms with E-state index in [0.717, 1.165) is 35.2 Å². The lowest BCUT2D eigenvalue weighted by Crippen LogP contribution is -2.23. The van der Waals surface area contributed by atoms with Crippen LogP contribution in [0.3, 0.4) is 0 Å². The lowest BCUT2D eigenvalue weighted by atomic mass is 9.83. The number of nitrogens with zero attached hydrogens (tertiary/aromatic N) is 1. The standard InChI is InChI=1S/C23H19ClN2O3/c24-16-6-2-1-5-14(16)20-21(23(29)25-22(20)28)19-15-11-13(12-27)8-9-17(15)26-10-4-3-7-18(19)26/h1-7,10,13,27H,8-9,11-12H2,(H,25,28,29). The van der Waals surface area contributed by atoms with Crippen molar-refractivity contribution in [2.75, 3.05) is 6.61 Å². The first-order valence-corrected chi connectivity index (χ1v) is 10.0. The normalized spacial score (nSPS) is 19.0. The van der Waals surface area contributed by atoms with Gasteiger partial charge in [0.2, 0.25) is 0 Å². The van der Waals surface area contributed by atoms with Crippen LogP contribution >= 0.6 is 11.6 Å². The zero-order valence-corrected chi connectivity index (χ0v) is 16.4. The van der Waals surface area contributed by atoms with E-state index in [2.05, 4.69) is 9.72 Å². The molecular weight excluding hydrogens is 388 g/mol. The third-order valence-corrected chi connectivity index (χ3v) is 6.25. The molecule has 2 aromatic heterocycles. The summed E-state index contributed by atoms with van der Waals surface area (Å²) in [5.74, 6) is -0.699. The molecule has 0 saturated heterocycles. The van der Waals surface area contributed by atoms with Crippen LogP contribution in [-0.4, -0.2) is 27.9 Å². The number of halogens is 1. The molecule has 1 unspecified atom stereocenters. The molecule has 29 heavy (non-hydrogen) atoms. The monoisotopic (exact) mass is 406 g/mol. The molecule has 1 aliphatic carbocycles. The third-order valence-electron chi connectivity index (χ3n) is 5.92. The molecule has 146 valence electrons. The SMILES string of the molecule is O=C1NC(=O)C(c2c3c(n4ccccc24)CCC(CO)C3)=C1c1ccccc1Cl. The summed E-state index contributed by atoms with van der Waals surface area (Å²) < 4.78 is 2.10. The van der Waals surface area contributed by atoms with Gasteiger partial charge in [-0.15, -0.1) is 0 Å². The van der Waals surface area contributed by atoms with E-state index >= 15 is 0 Å². The summed E-state index contributed by atoms with van der Waals surface area (Å²) in [4.78, 5) is 25.7. The van der Waals surface area contributed by atoms with E-state index in [1.165, 1.54) is 0 Å². The van der Waals surface area contributed by atoms with Crippen molar-refractivity contribution in [3.05, 3.63) is 76.1 Å². The highest BCUT2D eigenvalue weighted by Crippen LogP contribution is 2.42. The number of nitrogens with one attached hydrogen (secondary N) is 1. The fourth-order valence-corrected chi connectivity index (χ4v) is 4.83. The molecule has 3 heterocycles. The minimum Gasteiger partial charge on any atom is -0.396 e. The number of fused-ring (bicyclic) bond motifs is 3. The smallest absolute Gasteiger partial charge is 0.259 e. The van der Waals surface area contributed by atoms with Gasteiger partial charge in [-0.3, -0.25) is 14.9 Å². The van der Waals surface area contributed by atoms with Gasteiger partial charge in [-0.05, 0) is 48.9 Å². The highest BCUT2D eigenvalue weighted by molar-refractivity contribution is 6.51. The third kappa shape index (κ3) is 2.73. The number of benzene rings is 1. The van der Waals surface area contributed by atoms with Gasteiger partial charge < -0.3 is 9.51 Å². The van der Waals surface area contributed by atoms with E-state index in [1.807, 2.05) is 24.4 Å². The van der Waals surface area contributed by atoms with Crippen LogP contribution < -0.4 is 5.32 Å². The lowest BCUT2D eigenvalue weighted by molar-refractivity contribution is -0.122. The number of aliphatic hydroxyl groups is 1. The highest BCUT2D eigenvalue weighted by atomic mass is 35.5. The molecule has 0 spiro atoms. The first-order chi connectivity index (χ1) is 14.1. The van der Waals surface area contributed by atoms with Crippen LogP contribution in [0.1, 0.15) is 28.8 Å². The van der Waals surface area contributed by atoms with Gasteiger partial charge in [0, 0.05) is 34.6 Å². The molecule has 2 amide bonds. The molecule has 1 atom stereocenters. The number of hydrogen-bond donors (Lipinski definition) is 2. The second-order valence-corrected chi connectivity index (χ2v) is 7.97. The average molecular weight is 407 g/mol. The van der Waals surface area contributed by atoms with Gasteiger partial charge >= 0.3 is 0 Å². The molecule has 0 fully saturated rings. The Morgan fingerprint density at radius 2 is 1.83 bits per heavy atom. The topological polar surface area (TPSA) is 70.8 Å². The van der Waals surface area contributed by atoms with Gasteiger partial charge in [-0.2, -0.15) is 0 Å². The summed E-state index contributed by atoms with van der Waals surface area (Å²) in [5, 5.41) is 12.6. The number of rotatable bonds is 3. The number of aryl methyl sites for hydroxylation is 1. The number of imide groups is 1. The van der Waals surface area contributed by atoms with Crippen molar-refractivity contribution in [3.8, 4) is 0 Å². The molecule has 5 nitrogen and oxygen atoms in total. The van der Waals surface area contributed by atoms with Crippen LogP contribution in [0.4, 0.5) is 0 Å². The van der Waals surface area contributed by atoms with Crippen molar-refractivity contribution in [3.63, 3.8) is 0 Å². The molecule has 1 aliphatic heterocycles. The first-order valence-electron chi connectivity index (χ1n) is 9.67. The van der Waals surface area contributed by atoms with Gasteiger partial charge in [0.05, 0.1) is 16.7 Å². The molecule has 2 aliphatic rings. The van der Waals surface area contributed by atoms with Crippen LogP contribution in [0.25, 0.3) is 16.7 Å². The van der Waals surface area contributed by atoms with Crippen molar-refractivity contribution in [2.45, 2.75) is 19.3 Å². The maximum Gasteiger partial charge on any atom is 0.259 e. The Morgan fingerprint density at radius 1 is 1.07 bits per heavy atom. The van der Waals surface area contributed by atoms with Crippen LogP contribution in [0, 0.1) is 5.92 Å². The summed E-state index contributed by atoms with van der Waals surface area (Å²) in [5.41, 5.74) is 5.06. The van der Waals surface area contributed by atoms with Gasteiger partial charge in [0.1, 0.15) is 0 Å². The number of amides is 2. The molecule has 0 radical (unpaired) electrons. The van der Waals surface area contributed by atoms with Crippen molar-refractivity contribution >= 4 is 40.1 Å². The lowest BCUT2D eigenvalue weighted by Gasteiger charge is -2.21. The molecule has 0 bridgehead atoms. The fourth-order valence-electron chi connectivity index (χ4n) is 4.60. The maximum atomic E-state index is 13.0. The van der Waals surface area contributed by atoms with Crippen LogP contribution in [0.5, 0.6) is 0 Å². The summed E-state index contributed by atoms with van der Waals surface area (Å²) in [6, 6.07) is 12.9. The first kappa shape index (κ1) is 18.2. The Balaban J connectivity index is 1.86. The maximum absolute atomic E-state index is 13.0. The van der Waals surface area contributed by atoms with Crippen molar-refractivity contribution in [1.29, 1.82) is 0 Å². The molecule has 3 aromatic rings. The predicted octanol–water partition coefficient (Wildman–Crippen LogP) is 3.26. The number of pyridine rings is 1. The Kier molecular flexibility index (Phi) is 4.30. The Morgan fingerprint density at radius 3 is 2.62 bits per heavy atom. The summed E-state index contributed by atoms with van der Waals surface area (Å²) in [6.07, 6.45) is 4.37. The largest absolute Gasteiger partial charge is 0.396 e.